The van der Waals surface area contributed by atoms with Crippen LogP contribution in [-0.4, -0.2) is 14.0 Å². The number of nitrogens with zero attached hydrogens (tertiary/aromatic N) is 3. The van der Waals surface area contributed by atoms with E-state index in [0.29, 0.717) is 0 Å². The molecule has 2 aromatic heterocycles. The van der Waals surface area contributed by atoms with Crippen molar-refractivity contribution in [3.63, 3.8) is 0 Å². The van der Waals surface area contributed by atoms with Gasteiger partial charge in [-0.05, 0) is 64.5 Å². The topological polar surface area (TPSA) is 31.5 Å². The van der Waals surface area contributed by atoms with E-state index in [-0.39, 0.29) is 0 Å². The van der Waals surface area contributed by atoms with Crippen LogP contribution in [0.4, 0.5) is 0 Å². The summed E-state index contributed by atoms with van der Waals surface area (Å²) < 4.78 is 11.4. The molecular weight excluding hydrogens is 438 g/mol. The molecule has 0 N–H and O–H groups in total. The van der Waals surface area contributed by atoms with E-state index in [1.54, 1.807) is 0 Å². The molecule has 2 heterocycles. The van der Waals surface area contributed by atoms with Gasteiger partial charge >= 0.3 is 0 Å². The Morgan fingerprint density at radius 1 is 0.667 bits per heavy atom. The van der Waals surface area contributed by atoms with Crippen molar-refractivity contribution < 1.29 is 4.74 Å². The Morgan fingerprint density at radius 2 is 1.37 bits per heavy atom. The molecule has 0 spiro atoms. The Hall–Kier alpha value is -3.57. The number of benzene rings is 4. The molecule has 0 bridgehead atoms. The van der Waals surface area contributed by atoms with Gasteiger partial charge in [0.15, 0.2) is 0 Å². The number of halogens is 1. The summed E-state index contributed by atoms with van der Waals surface area (Å²) in [5.74, 6) is 2.42. The van der Waals surface area contributed by atoms with Crippen LogP contribution < -0.4 is 4.74 Å². The van der Waals surface area contributed by atoms with Crippen LogP contribution in [0.15, 0.2) is 102 Å². The molecule has 0 unspecified atom stereocenters. The van der Waals surface area contributed by atoms with Gasteiger partial charge in [-0.3, -0.25) is 8.97 Å². The maximum absolute atomic E-state index is 6.14. The largest absolute Gasteiger partial charge is 0.456 e. The fourth-order valence-electron chi connectivity index (χ4n) is 3.95. The van der Waals surface area contributed by atoms with Gasteiger partial charge in [-0.2, -0.15) is 0 Å². The minimum atomic E-state index is 0.755. The zero-order chi connectivity index (χ0) is 20.1. The molecule has 6 aromatic rings. The first-order chi connectivity index (χ1) is 14.8. The lowest BCUT2D eigenvalue weighted by Crippen LogP contribution is -1.98. The lowest BCUT2D eigenvalue weighted by atomic mass is 10.2. The van der Waals surface area contributed by atoms with Crippen molar-refractivity contribution in [2.24, 2.45) is 0 Å². The number of aromatic nitrogens is 3. The number of fused-ring (bicyclic) bond motifs is 5. The number of hydrogen-bond donors (Lipinski definition) is 0. The lowest BCUT2D eigenvalue weighted by molar-refractivity contribution is 0.479. The monoisotopic (exact) mass is 453 g/mol. The van der Waals surface area contributed by atoms with Gasteiger partial charge in [-0.15, -0.1) is 0 Å². The number of imidazole rings is 2. The molecule has 4 nitrogen and oxygen atoms in total. The molecule has 30 heavy (non-hydrogen) atoms. The van der Waals surface area contributed by atoms with Gasteiger partial charge in [-0.1, -0.05) is 48.5 Å². The van der Waals surface area contributed by atoms with Gasteiger partial charge in [0.2, 0.25) is 5.78 Å². The summed E-state index contributed by atoms with van der Waals surface area (Å²) in [6.07, 6.45) is 0. The normalized spacial score (nSPS) is 11.5. The summed E-state index contributed by atoms with van der Waals surface area (Å²) in [7, 11) is 0. The highest BCUT2D eigenvalue weighted by atomic mass is 79.9. The van der Waals surface area contributed by atoms with Gasteiger partial charge in [0, 0.05) is 0 Å². The minimum absolute atomic E-state index is 0.755. The molecule has 0 atom stereocenters. The molecule has 5 heteroatoms. The molecule has 0 aliphatic heterocycles. The fourth-order valence-corrected chi connectivity index (χ4v) is 4.48. The van der Waals surface area contributed by atoms with Crippen LogP contribution in [0.1, 0.15) is 0 Å². The molecule has 0 aliphatic carbocycles. The Balaban J connectivity index is 1.64. The van der Waals surface area contributed by atoms with Crippen LogP contribution in [0.3, 0.4) is 0 Å². The molecule has 0 radical (unpaired) electrons. The second-order valence-electron chi connectivity index (χ2n) is 7.06. The molecular formula is C25H16BrN3O. The first-order valence-electron chi connectivity index (χ1n) is 9.70. The van der Waals surface area contributed by atoms with Crippen molar-refractivity contribution in [1.29, 1.82) is 0 Å². The molecule has 4 aromatic carbocycles. The summed E-state index contributed by atoms with van der Waals surface area (Å²) >= 11 is 3.79. The second kappa shape index (κ2) is 6.75. The SMILES string of the molecule is Brc1c(Oc2ccccc2)cccc1-n1c2ccccc2n2c3ccccc3nc12. The Bertz CT molecular complexity index is 1530. The van der Waals surface area contributed by atoms with Gasteiger partial charge in [0.05, 0.1) is 32.2 Å². The average molecular weight is 454 g/mol. The number of para-hydroxylation sites is 5. The van der Waals surface area contributed by atoms with Crippen LogP contribution in [0.5, 0.6) is 11.5 Å². The van der Waals surface area contributed by atoms with E-state index in [1.165, 1.54) is 0 Å². The molecule has 0 saturated carbocycles. The van der Waals surface area contributed by atoms with Crippen molar-refractivity contribution in [1.82, 2.24) is 14.0 Å². The molecule has 6 rings (SSSR count). The third kappa shape index (κ3) is 2.56. The van der Waals surface area contributed by atoms with Crippen molar-refractivity contribution in [3.05, 3.63) is 102 Å². The zero-order valence-electron chi connectivity index (χ0n) is 15.9. The number of hydrogen-bond acceptors (Lipinski definition) is 2. The average Bonchev–Trinajstić information content (AvgIpc) is 3.31. The summed E-state index contributed by atoms with van der Waals surface area (Å²) in [5.41, 5.74) is 5.24. The van der Waals surface area contributed by atoms with E-state index >= 15 is 0 Å². The highest BCUT2D eigenvalue weighted by Crippen LogP contribution is 2.37. The Labute approximate surface area is 181 Å². The van der Waals surface area contributed by atoms with Crippen molar-refractivity contribution in [3.8, 4) is 17.2 Å². The lowest BCUT2D eigenvalue weighted by Gasteiger charge is -2.13. The van der Waals surface area contributed by atoms with E-state index in [0.717, 1.165) is 49.5 Å². The maximum atomic E-state index is 6.14. The Kier molecular flexibility index (Phi) is 3.89. The Morgan fingerprint density at radius 3 is 2.20 bits per heavy atom. The molecule has 0 aliphatic rings. The smallest absolute Gasteiger partial charge is 0.220 e. The highest BCUT2D eigenvalue weighted by molar-refractivity contribution is 9.10. The first-order valence-corrected chi connectivity index (χ1v) is 10.5. The highest BCUT2D eigenvalue weighted by Gasteiger charge is 2.19. The number of ether oxygens (including phenoxy) is 1. The van der Waals surface area contributed by atoms with Crippen molar-refractivity contribution in [2.75, 3.05) is 0 Å². The van der Waals surface area contributed by atoms with Gasteiger partial charge in [0.1, 0.15) is 11.5 Å². The summed E-state index contributed by atoms with van der Waals surface area (Å²) in [4.78, 5) is 4.95. The quantitative estimate of drug-likeness (QED) is 0.289. The van der Waals surface area contributed by atoms with Gasteiger partial charge in [0.25, 0.3) is 0 Å². The maximum Gasteiger partial charge on any atom is 0.220 e. The van der Waals surface area contributed by atoms with E-state index in [4.69, 9.17) is 9.72 Å². The first kappa shape index (κ1) is 17.3. The number of rotatable bonds is 3. The van der Waals surface area contributed by atoms with Crippen molar-refractivity contribution in [2.45, 2.75) is 0 Å². The summed E-state index contributed by atoms with van der Waals surface area (Å²) in [6.45, 7) is 0. The second-order valence-corrected chi connectivity index (χ2v) is 7.86. The molecule has 144 valence electrons. The van der Waals surface area contributed by atoms with Gasteiger partial charge in [-0.25, -0.2) is 4.98 Å². The molecule has 0 saturated heterocycles. The van der Waals surface area contributed by atoms with Crippen LogP contribution in [0.25, 0.3) is 33.5 Å². The van der Waals surface area contributed by atoms with E-state index < -0.39 is 0 Å². The van der Waals surface area contributed by atoms with E-state index in [2.05, 4.69) is 61.3 Å². The fraction of sp³-hybridized carbons (Fsp3) is 0. The van der Waals surface area contributed by atoms with Crippen LogP contribution in [0.2, 0.25) is 0 Å². The zero-order valence-corrected chi connectivity index (χ0v) is 17.5. The van der Waals surface area contributed by atoms with E-state index in [9.17, 15) is 0 Å². The minimum Gasteiger partial charge on any atom is -0.456 e. The summed E-state index contributed by atoms with van der Waals surface area (Å²) in [6, 6.07) is 32.4. The van der Waals surface area contributed by atoms with Crippen LogP contribution >= 0.6 is 15.9 Å². The van der Waals surface area contributed by atoms with E-state index in [1.807, 2.05) is 60.7 Å². The summed E-state index contributed by atoms with van der Waals surface area (Å²) in [5, 5.41) is 0. The van der Waals surface area contributed by atoms with Crippen LogP contribution in [-0.2, 0) is 0 Å². The standard InChI is InChI=1S/C25H16BrN3O/c26-24-22(15-8-16-23(24)30-17-9-2-1-3-10-17)29-21-14-7-6-13-20(21)28-19-12-5-4-11-18(19)27-25(28)29/h1-16H. The molecule has 0 amide bonds. The predicted octanol–water partition coefficient (Wildman–Crippen LogP) is 6.99. The van der Waals surface area contributed by atoms with Crippen LogP contribution in [0, 0.1) is 0 Å². The molecule has 0 fully saturated rings. The predicted molar refractivity (Wildman–Crippen MR) is 124 cm³/mol. The van der Waals surface area contributed by atoms with Crippen molar-refractivity contribution >= 4 is 43.8 Å². The third-order valence-corrected chi connectivity index (χ3v) is 6.06. The van der Waals surface area contributed by atoms with Gasteiger partial charge < -0.3 is 4.74 Å². The third-order valence-electron chi connectivity index (χ3n) is 5.26.